The van der Waals surface area contributed by atoms with Gasteiger partial charge in [-0.3, -0.25) is 9.52 Å². The van der Waals surface area contributed by atoms with Gasteiger partial charge in [-0.1, -0.05) is 17.7 Å². The number of amides is 1. The third-order valence-corrected chi connectivity index (χ3v) is 6.26. The maximum Gasteiger partial charge on any atom is 0.261 e. The van der Waals surface area contributed by atoms with E-state index in [1.807, 2.05) is 32.6 Å². The minimum atomic E-state index is -3.68. The van der Waals surface area contributed by atoms with Gasteiger partial charge in [0, 0.05) is 13.1 Å². The number of sulfonamides is 1. The second-order valence-electron chi connectivity index (χ2n) is 7.20. The Morgan fingerprint density at radius 1 is 1.04 bits per heavy atom. The predicted molar refractivity (Wildman–Crippen MR) is 109 cm³/mol. The molecule has 1 amide bonds. The Morgan fingerprint density at radius 3 is 2.26 bits per heavy atom. The molecule has 0 aliphatic carbocycles. The average Bonchev–Trinajstić information content (AvgIpc) is 2.59. The van der Waals surface area contributed by atoms with Crippen LogP contribution in [0.15, 0.2) is 47.4 Å². The summed E-state index contributed by atoms with van der Waals surface area (Å²) < 4.78 is 28.0. The maximum atomic E-state index is 12.7. The van der Waals surface area contributed by atoms with Crippen LogP contribution in [0.5, 0.6) is 0 Å². The third kappa shape index (κ3) is 3.51. The van der Waals surface area contributed by atoms with E-state index >= 15 is 0 Å². The smallest absolute Gasteiger partial charge is 0.261 e. The number of nitrogens with zero attached hydrogens (tertiary/aromatic N) is 2. The highest BCUT2D eigenvalue weighted by Gasteiger charge is 2.35. The first-order valence-electron chi connectivity index (χ1n) is 8.91. The zero-order chi connectivity index (χ0) is 19.9. The first-order chi connectivity index (χ1) is 12.6. The molecule has 0 radical (unpaired) electrons. The number of fused-ring (bicyclic) bond motifs is 1. The van der Waals surface area contributed by atoms with Gasteiger partial charge in [0.1, 0.15) is 6.04 Å². The summed E-state index contributed by atoms with van der Waals surface area (Å²) in [6.45, 7) is 7.81. The Labute approximate surface area is 160 Å². The van der Waals surface area contributed by atoms with Crippen LogP contribution in [0.1, 0.15) is 26.3 Å². The van der Waals surface area contributed by atoms with Crippen molar-refractivity contribution in [1.29, 1.82) is 0 Å². The molecule has 0 spiro atoms. The molecular weight excluding hydrogens is 362 g/mol. The molecule has 1 N–H and O–H groups in total. The van der Waals surface area contributed by atoms with Crippen molar-refractivity contribution in [1.82, 2.24) is 0 Å². The van der Waals surface area contributed by atoms with Gasteiger partial charge in [0.05, 0.1) is 22.0 Å². The van der Waals surface area contributed by atoms with Crippen molar-refractivity contribution in [2.75, 3.05) is 21.6 Å². The van der Waals surface area contributed by atoms with Crippen LogP contribution in [0.25, 0.3) is 0 Å². The zero-order valence-corrected chi connectivity index (χ0v) is 17.0. The molecule has 1 heterocycles. The molecule has 0 saturated carbocycles. The molecule has 1 atom stereocenters. The summed E-state index contributed by atoms with van der Waals surface area (Å²) in [5.41, 5.74) is 3.07. The summed E-state index contributed by atoms with van der Waals surface area (Å²) in [5.74, 6) is 0.0178. The molecule has 144 valence electrons. The van der Waals surface area contributed by atoms with E-state index in [4.69, 9.17) is 0 Å². The number of carbonyl (C=O) groups is 1. The summed E-state index contributed by atoms with van der Waals surface area (Å²) in [6.07, 6.45) is 0. The quantitative estimate of drug-likeness (QED) is 0.873. The zero-order valence-electron chi connectivity index (χ0n) is 16.2. The maximum absolute atomic E-state index is 12.7. The van der Waals surface area contributed by atoms with Crippen LogP contribution in [-0.2, 0) is 14.8 Å². The van der Waals surface area contributed by atoms with E-state index in [1.165, 1.54) is 0 Å². The molecule has 0 fully saturated rings. The lowest BCUT2D eigenvalue weighted by Gasteiger charge is -2.42. The lowest BCUT2D eigenvalue weighted by molar-refractivity contribution is -0.119. The van der Waals surface area contributed by atoms with Crippen LogP contribution in [0.4, 0.5) is 17.1 Å². The predicted octanol–water partition coefficient (Wildman–Crippen LogP) is 3.38. The van der Waals surface area contributed by atoms with E-state index in [-0.39, 0.29) is 22.9 Å². The number of aryl methyl sites for hydroxylation is 1. The van der Waals surface area contributed by atoms with Crippen LogP contribution in [0.3, 0.4) is 0 Å². The number of hydrogen-bond donors (Lipinski definition) is 1. The number of anilines is 3. The van der Waals surface area contributed by atoms with Crippen molar-refractivity contribution in [2.24, 2.45) is 0 Å². The number of rotatable bonds is 4. The van der Waals surface area contributed by atoms with Gasteiger partial charge in [-0.15, -0.1) is 0 Å². The molecule has 7 heteroatoms. The Bertz CT molecular complexity index is 968. The Kier molecular flexibility index (Phi) is 4.90. The van der Waals surface area contributed by atoms with E-state index in [0.717, 1.165) is 16.9 Å². The minimum Gasteiger partial charge on any atom is -0.356 e. The van der Waals surface area contributed by atoms with Crippen molar-refractivity contribution in [3.05, 3.63) is 48.0 Å². The SMILES string of the molecule is Cc1ccc(S(=O)(=O)Nc2ccc3c(c2)N(C(C)C)C(C)C(=O)N3C)cc1. The van der Waals surface area contributed by atoms with Gasteiger partial charge < -0.3 is 9.80 Å². The van der Waals surface area contributed by atoms with Gasteiger partial charge in [-0.05, 0) is 58.0 Å². The lowest BCUT2D eigenvalue weighted by atomic mass is 10.0. The van der Waals surface area contributed by atoms with E-state index in [9.17, 15) is 13.2 Å². The molecular formula is C20H25N3O3S. The Balaban J connectivity index is 2.00. The monoisotopic (exact) mass is 387 g/mol. The first-order valence-corrected chi connectivity index (χ1v) is 10.4. The summed E-state index contributed by atoms with van der Waals surface area (Å²) >= 11 is 0. The number of benzene rings is 2. The summed E-state index contributed by atoms with van der Waals surface area (Å²) in [4.78, 5) is 16.4. The van der Waals surface area contributed by atoms with E-state index in [2.05, 4.69) is 4.72 Å². The fraction of sp³-hybridized carbons (Fsp3) is 0.350. The molecule has 27 heavy (non-hydrogen) atoms. The highest BCUT2D eigenvalue weighted by atomic mass is 32.2. The van der Waals surface area contributed by atoms with Gasteiger partial charge in [0.25, 0.3) is 10.0 Å². The molecule has 1 unspecified atom stereocenters. The fourth-order valence-corrected chi connectivity index (χ4v) is 4.51. The van der Waals surface area contributed by atoms with Crippen molar-refractivity contribution in [2.45, 2.75) is 44.7 Å². The molecule has 1 aliphatic rings. The molecule has 0 aromatic heterocycles. The largest absolute Gasteiger partial charge is 0.356 e. The normalized spacial score (nSPS) is 17.3. The molecule has 1 aliphatic heterocycles. The van der Waals surface area contributed by atoms with Crippen LogP contribution < -0.4 is 14.5 Å². The number of carbonyl (C=O) groups excluding carboxylic acids is 1. The highest BCUT2D eigenvalue weighted by molar-refractivity contribution is 7.92. The van der Waals surface area contributed by atoms with Crippen LogP contribution >= 0.6 is 0 Å². The van der Waals surface area contributed by atoms with Gasteiger partial charge >= 0.3 is 0 Å². The Hall–Kier alpha value is -2.54. The van der Waals surface area contributed by atoms with E-state index < -0.39 is 10.0 Å². The molecule has 3 rings (SSSR count). The van der Waals surface area contributed by atoms with Crippen molar-refractivity contribution in [3.63, 3.8) is 0 Å². The van der Waals surface area contributed by atoms with E-state index in [1.54, 1.807) is 54.4 Å². The second-order valence-corrected chi connectivity index (χ2v) is 8.88. The van der Waals surface area contributed by atoms with Crippen LogP contribution in [-0.4, -0.2) is 33.5 Å². The second kappa shape index (κ2) is 6.88. The van der Waals surface area contributed by atoms with Crippen molar-refractivity contribution in [3.8, 4) is 0 Å². The standard InChI is InChI=1S/C20H25N3O3S/c1-13(2)23-15(4)20(24)22(5)18-11-8-16(12-19(18)23)21-27(25,26)17-9-6-14(3)7-10-17/h6-13,15,21H,1-5H3. The number of likely N-dealkylation sites (N-methyl/N-ethyl adjacent to an activating group) is 1. The summed E-state index contributed by atoms with van der Waals surface area (Å²) in [5, 5.41) is 0. The summed E-state index contributed by atoms with van der Waals surface area (Å²) in [6, 6.07) is 11.8. The van der Waals surface area contributed by atoms with Crippen LogP contribution in [0, 0.1) is 6.92 Å². The van der Waals surface area contributed by atoms with Gasteiger partial charge in [0.2, 0.25) is 5.91 Å². The molecule has 2 aromatic rings. The number of hydrogen-bond acceptors (Lipinski definition) is 4. The summed E-state index contributed by atoms with van der Waals surface area (Å²) in [7, 11) is -1.94. The Morgan fingerprint density at radius 2 is 1.67 bits per heavy atom. The average molecular weight is 388 g/mol. The van der Waals surface area contributed by atoms with Crippen LogP contribution in [0.2, 0.25) is 0 Å². The highest BCUT2D eigenvalue weighted by Crippen LogP contribution is 2.38. The van der Waals surface area contributed by atoms with Crippen molar-refractivity contribution >= 4 is 33.0 Å². The van der Waals surface area contributed by atoms with Crippen molar-refractivity contribution < 1.29 is 13.2 Å². The molecule has 2 aromatic carbocycles. The van der Waals surface area contributed by atoms with Gasteiger partial charge in [0.15, 0.2) is 0 Å². The van der Waals surface area contributed by atoms with Gasteiger partial charge in [-0.2, -0.15) is 0 Å². The number of nitrogens with one attached hydrogen (secondary N) is 1. The topological polar surface area (TPSA) is 69.7 Å². The lowest BCUT2D eigenvalue weighted by Crippen LogP contribution is -2.53. The van der Waals surface area contributed by atoms with E-state index in [0.29, 0.717) is 5.69 Å². The van der Waals surface area contributed by atoms with Gasteiger partial charge in [-0.25, -0.2) is 8.42 Å². The molecule has 6 nitrogen and oxygen atoms in total. The first kappa shape index (κ1) is 19.2. The molecule has 0 saturated heterocycles. The minimum absolute atomic E-state index is 0.0178. The molecule has 0 bridgehead atoms. The fourth-order valence-electron chi connectivity index (χ4n) is 3.46. The third-order valence-electron chi connectivity index (χ3n) is 4.86.